The minimum absolute atomic E-state index is 0.346. The van der Waals surface area contributed by atoms with Crippen molar-refractivity contribution >= 4 is 33.2 Å². The minimum atomic E-state index is -0.361. The molecule has 0 spiro atoms. The van der Waals surface area contributed by atoms with Crippen molar-refractivity contribution in [2.45, 2.75) is 32.7 Å². The summed E-state index contributed by atoms with van der Waals surface area (Å²) in [5.74, 6) is 0.997. The molecule has 2 N–H and O–H groups in total. The van der Waals surface area contributed by atoms with Crippen molar-refractivity contribution in [2.75, 3.05) is 25.9 Å². The van der Waals surface area contributed by atoms with Gasteiger partial charge in [0, 0.05) is 18.7 Å². The van der Waals surface area contributed by atoms with Gasteiger partial charge in [0.2, 0.25) is 0 Å². The zero-order chi connectivity index (χ0) is 22.4. The number of aryl methyl sites for hydroxylation is 1. The lowest BCUT2D eigenvalue weighted by atomic mass is 9.92. The van der Waals surface area contributed by atoms with Crippen LogP contribution in [-0.2, 0) is 6.42 Å². The van der Waals surface area contributed by atoms with Gasteiger partial charge in [-0.3, -0.25) is 0 Å². The maximum atomic E-state index is 12.9. The smallest absolute Gasteiger partial charge is 0.343 e. The van der Waals surface area contributed by atoms with Gasteiger partial charge >= 0.3 is 5.63 Å². The van der Waals surface area contributed by atoms with Crippen molar-refractivity contribution in [3.8, 4) is 0 Å². The SMILES string of the molecule is CCc1nn(C(C)c2oc(=O)c3ccccc3c2C2=CCN(C)CC2)c2ncnc(N)c12. The van der Waals surface area contributed by atoms with Crippen LogP contribution in [0.5, 0.6) is 0 Å². The molecule has 0 saturated heterocycles. The molecule has 5 rings (SSSR count). The van der Waals surface area contributed by atoms with Gasteiger partial charge in [-0.05, 0) is 43.8 Å². The Labute approximate surface area is 185 Å². The molecular weight excluding hydrogens is 404 g/mol. The number of nitrogen functional groups attached to an aromatic ring is 1. The van der Waals surface area contributed by atoms with Crippen LogP contribution in [0.1, 0.15) is 43.3 Å². The molecule has 1 aromatic carbocycles. The summed E-state index contributed by atoms with van der Waals surface area (Å²) >= 11 is 0. The first kappa shape index (κ1) is 20.4. The molecule has 1 atom stereocenters. The van der Waals surface area contributed by atoms with E-state index in [0.29, 0.717) is 29.0 Å². The van der Waals surface area contributed by atoms with Crippen molar-refractivity contribution < 1.29 is 4.42 Å². The van der Waals surface area contributed by atoms with Crippen molar-refractivity contribution in [2.24, 2.45) is 0 Å². The van der Waals surface area contributed by atoms with E-state index in [9.17, 15) is 4.79 Å². The fourth-order valence-corrected chi connectivity index (χ4v) is 4.54. The maximum Gasteiger partial charge on any atom is 0.343 e. The van der Waals surface area contributed by atoms with Gasteiger partial charge in [0.15, 0.2) is 5.65 Å². The number of fused-ring (bicyclic) bond motifs is 2. The topological polar surface area (TPSA) is 103 Å². The molecule has 1 unspecified atom stereocenters. The average molecular weight is 431 g/mol. The van der Waals surface area contributed by atoms with Gasteiger partial charge < -0.3 is 15.1 Å². The van der Waals surface area contributed by atoms with E-state index in [-0.39, 0.29) is 11.7 Å². The highest BCUT2D eigenvalue weighted by molar-refractivity contribution is 5.94. The van der Waals surface area contributed by atoms with Crippen LogP contribution in [0.25, 0.3) is 27.4 Å². The van der Waals surface area contributed by atoms with Gasteiger partial charge in [0.1, 0.15) is 23.9 Å². The Bertz CT molecular complexity index is 1420. The zero-order valence-corrected chi connectivity index (χ0v) is 18.5. The first-order valence-electron chi connectivity index (χ1n) is 10.9. The average Bonchev–Trinajstić information content (AvgIpc) is 3.19. The van der Waals surface area contributed by atoms with Crippen molar-refractivity contribution in [3.05, 3.63) is 64.1 Å². The van der Waals surface area contributed by atoms with Crippen LogP contribution in [0.2, 0.25) is 0 Å². The normalized spacial score (nSPS) is 15.9. The van der Waals surface area contributed by atoms with Gasteiger partial charge in [-0.15, -0.1) is 0 Å². The number of likely N-dealkylation sites (N-methyl/N-ethyl adjacent to an activating group) is 1. The van der Waals surface area contributed by atoms with Crippen LogP contribution in [0.15, 0.2) is 45.9 Å². The van der Waals surface area contributed by atoms with E-state index in [1.807, 2.05) is 38.1 Å². The lowest BCUT2D eigenvalue weighted by molar-refractivity contribution is 0.368. The zero-order valence-electron chi connectivity index (χ0n) is 18.5. The van der Waals surface area contributed by atoms with Crippen molar-refractivity contribution in [3.63, 3.8) is 0 Å². The first-order valence-corrected chi connectivity index (χ1v) is 10.9. The van der Waals surface area contributed by atoms with Crippen molar-refractivity contribution in [1.29, 1.82) is 0 Å². The molecule has 1 aliphatic rings. The third kappa shape index (κ3) is 3.18. The molecule has 1 aliphatic heterocycles. The maximum absolute atomic E-state index is 12.9. The van der Waals surface area contributed by atoms with E-state index in [0.717, 1.165) is 41.5 Å². The highest BCUT2D eigenvalue weighted by Gasteiger charge is 2.27. The van der Waals surface area contributed by atoms with Crippen molar-refractivity contribution in [1.82, 2.24) is 24.6 Å². The number of aromatic nitrogens is 4. The third-order valence-electron chi connectivity index (χ3n) is 6.27. The summed E-state index contributed by atoms with van der Waals surface area (Å²) in [4.78, 5) is 23.8. The van der Waals surface area contributed by atoms with E-state index in [1.54, 1.807) is 4.68 Å². The molecule has 164 valence electrons. The summed E-state index contributed by atoms with van der Waals surface area (Å²) in [5, 5.41) is 7.04. The second-order valence-electron chi connectivity index (χ2n) is 8.29. The van der Waals surface area contributed by atoms with Crippen LogP contribution in [0.4, 0.5) is 5.82 Å². The van der Waals surface area contributed by atoms with E-state index in [1.165, 1.54) is 11.9 Å². The monoisotopic (exact) mass is 430 g/mol. The van der Waals surface area contributed by atoms with Gasteiger partial charge in [-0.2, -0.15) is 5.10 Å². The van der Waals surface area contributed by atoms with E-state index < -0.39 is 0 Å². The van der Waals surface area contributed by atoms with E-state index in [2.05, 4.69) is 28.0 Å². The van der Waals surface area contributed by atoms with Crippen LogP contribution >= 0.6 is 0 Å². The molecule has 8 nitrogen and oxygen atoms in total. The fraction of sp³-hybridized carbons (Fsp3) is 0.333. The molecule has 0 bridgehead atoms. The lowest BCUT2D eigenvalue weighted by Gasteiger charge is -2.25. The van der Waals surface area contributed by atoms with Gasteiger partial charge in [-0.1, -0.05) is 31.2 Å². The molecule has 0 radical (unpaired) electrons. The van der Waals surface area contributed by atoms with Crippen LogP contribution < -0.4 is 11.4 Å². The molecule has 4 heterocycles. The summed E-state index contributed by atoms with van der Waals surface area (Å²) in [6, 6.07) is 7.28. The number of nitrogens with zero attached hydrogens (tertiary/aromatic N) is 5. The van der Waals surface area contributed by atoms with E-state index in [4.69, 9.17) is 15.2 Å². The standard InChI is InChI=1S/C24H26N6O2/c1-4-18-20-22(25)26-13-27-23(20)30(28-18)14(2)21-19(15-9-11-29(3)12-10-15)16-7-5-6-8-17(16)24(31)32-21/h5-9,13-14H,4,10-12H2,1-3H3,(H2,25,26,27). The lowest BCUT2D eigenvalue weighted by Crippen LogP contribution is -2.24. The largest absolute Gasteiger partial charge is 0.424 e. The molecule has 0 fully saturated rings. The number of anilines is 1. The fourth-order valence-electron chi connectivity index (χ4n) is 4.54. The molecule has 0 saturated carbocycles. The predicted octanol–water partition coefficient (Wildman–Crippen LogP) is 3.41. The Hall–Kier alpha value is -3.52. The second kappa shape index (κ2) is 7.87. The summed E-state index contributed by atoms with van der Waals surface area (Å²) in [5.41, 5.74) is 9.43. The van der Waals surface area contributed by atoms with Crippen LogP contribution in [0.3, 0.4) is 0 Å². The Morgan fingerprint density at radius 3 is 2.72 bits per heavy atom. The Kier molecular flexibility index (Phi) is 5.01. The number of rotatable bonds is 4. The summed E-state index contributed by atoms with van der Waals surface area (Å²) in [6.45, 7) is 5.80. The number of hydrogen-bond acceptors (Lipinski definition) is 7. The third-order valence-corrected chi connectivity index (χ3v) is 6.27. The van der Waals surface area contributed by atoms with Crippen LogP contribution in [-0.4, -0.2) is 44.8 Å². The molecule has 3 aromatic heterocycles. The Morgan fingerprint density at radius 1 is 1.22 bits per heavy atom. The molecule has 4 aromatic rings. The van der Waals surface area contributed by atoms with Crippen LogP contribution in [0, 0.1) is 0 Å². The Balaban J connectivity index is 1.78. The first-order chi connectivity index (χ1) is 15.5. The number of hydrogen-bond donors (Lipinski definition) is 1. The Morgan fingerprint density at radius 2 is 2.00 bits per heavy atom. The van der Waals surface area contributed by atoms with Gasteiger partial charge in [-0.25, -0.2) is 19.4 Å². The molecule has 8 heteroatoms. The molecule has 32 heavy (non-hydrogen) atoms. The highest BCUT2D eigenvalue weighted by Crippen LogP contribution is 2.36. The minimum Gasteiger partial charge on any atom is -0.424 e. The quantitative estimate of drug-likeness (QED) is 0.529. The number of nitrogens with two attached hydrogens (primary N) is 1. The van der Waals surface area contributed by atoms with Gasteiger partial charge in [0.25, 0.3) is 0 Å². The second-order valence-corrected chi connectivity index (χ2v) is 8.29. The molecule has 0 amide bonds. The summed E-state index contributed by atoms with van der Waals surface area (Å²) in [6.07, 6.45) is 5.24. The van der Waals surface area contributed by atoms with E-state index >= 15 is 0 Å². The van der Waals surface area contributed by atoms with Gasteiger partial charge in [0.05, 0.1) is 16.5 Å². The molecule has 0 aliphatic carbocycles. The molecular formula is C24H26N6O2. The summed E-state index contributed by atoms with van der Waals surface area (Å²) < 4.78 is 7.80. The predicted molar refractivity (Wildman–Crippen MR) is 126 cm³/mol. The summed E-state index contributed by atoms with van der Waals surface area (Å²) in [7, 11) is 2.10. The number of benzene rings is 1. The highest BCUT2D eigenvalue weighted by atomic mass is 16.4.